The Morgan fingerprint density at radius 2 is 1.16 bits per heavy atom. The van der Waals surface area contributed by atoms with Crippen LogP contribution in [0.25, 0.3) is 93.6 Å². The summed E-state index contributed by atoms with van der Waals surface area (Å²) in [6.45, 7) is 21.3. The van der Waals surface area contributed by atoms with E-state index in [4.69, 9.17) is 8.83 Å². The average molecular weight is 881 g/mol. The van der Waals surface area contributed by atoms with E-state index in [0.717, 1.165) is 39.5 Å². The molecule has 0 fully saturated rings. The molecule has 2 aliphatic carbocycles. The van der Waals surface area contributed by atoms with Gasteiger partial charge in [0, 0.05) is 66.4 Å². The zero-order valence-corrected chi connectivity index (χ0v) is 40.4. The number of para-hydroxylation sites is 1. The molecule has 0 amide bonds. The van der Waals surface area contributed by atoms with Crippen molar-refractivity contribution in [1.82, 2.24) is 4.57 Å². The Kier molecular flexibility index (Phi) is 7.11. The molecule has 5 heteroatoms. The molecule has 0 atom stereocenters. The van der Waals surface area contributed by atoms with Crippen LogP contribution in [0.15, 0.2) is 142 Å². The highest BCUT2D eigenvalue weighted by Crippen LogP contribution is 2.54. The molecule has 15 rings (SSSR count). The molecule has 0 unspecified atom stereocenters. The van der Waals surface area contributed by atoms with Crippen molar-refractivity contribution in [3.63, 3.8) is 0 Å². The molecule has 0 saturated carbocycles. The quantitative estimate of drug-likeness (QED) is 0.154. The molecule has 330 valence electrons. The second kappa shape index (κ2) is 12.4. The Bertz CT molecular complexity index is 4110. The molecule has 3 aromatic heterocycles. The Labute approximate surface area is 397 Å². The average Bonchev–Trinajstić information content (AvgIpc) is 4.03. The molecule has 4 nitrogen and oxygen atoms in total. The lowest BCUT2D eigenvalue weighted by Gasteiger charge is -2.42. The lowest BCUT2D eigenvalue weighted by atomic mass is 9.43. The number of hydrogen-bond acceptors (Lipinski definition) is 3. The van der Waals surface area contributed by atoms with Crippen LogP contribution in [-0.2, 0) is 21.7 Å². The minimum Gasteiger partial charge on any atom is -0.456 e. The van der Waals surface area contributed by atoms with Gasteiger partial charge in [0.05, 0.1) is 11.0 Å². The second-order valence-electron chi connectivity index (χ2n) is 23.5. The molecule has 68 heavy (non-hydrogen) atoms. The summed E-state index contributed by atoms with van der Waals surface area (Å²) in [6, 6.07) is 51.4. The molecule has 0 bridgehead atoms. The van der Waals surface area contributed by atoms with Crippen molar-refractivity contribution in [2.24, 2.45) is 0 Å². The minimum absolute atomic E-state index is 0.0179. The molecule has 4 aliphatic rings. The third-order valence-corrected chi connectivity index (χ3v) is 17.4. The number of furan rings is 2. The zero-order valence-electron chi connectivity index (χ0n) is 40.4. The van der Waals surface area contributed by atoms with Gasteiger partial charge in [-0.25, -0.2) is 0 Å². The van der Waals surface area contributed by atoms with Gasteiger partial charge in [0.15, 0.2) is 0 Å². The van der Waals surface area contributed by atoms with E-state index in [-0.39, 0.29) is 28.5 Å². The number of nitrogens with zero attached hydrogens (tertiary/aromatic N) is 2. The zero-order chi connectivity index (χ0) is 46.1. The summed E-state index contributed by atoms with van der Waals surface area (Å²) in [7, 11) is 0. The molecule has 8 aromatic carbocycles. The van der Waals surface area contributed by atoms with Crippen molar-refractivity contribution in [3.8, 4) is 27.9 Å². The molecule has 2 aliphatic heterocycles. The molecule has 0 radical (unpaired) electrons. The molecule has 0 spiro atoms. The number of fused-ring (bicyclic) bond motifs is 18. The molecule has 11 aromatic rings. The first-order chi connectivity index (χ1) is 32.6. The van der Waals surface area contributed by atoms with Gasteiger partial charge < -0.3 is 18.2 Å². The van der Waals surface area contributed by atoms with Crippen LogP contribution >= 0.6 is 0 Å². The maximum atomic E-state index is 7.05. The summed E-state index contributed by atoms with van der Waals surface area (Å²) >= 11 is 0. The van der Waals surface area contributed by atoms with Crippen LogP contribution in [0, 0.1) is 0 Å². The minimum atomic E-state index is -0.171. The van der Waals surface area contributed by atoms with Crippen molar-refractivity contribution in [2.45, 2.75) is 96.8 Å². The number of benzene rings is 8. The van der Waals surface area contributed by atoms with Gasteiger partial charge in [0.25, 0.3) is 0 Å². The first-order valence-corrected chi connectivity index (χ1v) is 24.7. The molecule has 0 N–H and O–H groups in total. The van der Waals surface area contributed by atoms with Crippen molar-refractivity contribution in [3.05, 3.63) is 161 Å². The van der Waals surface area contributed by atoms with E-state index in [1.807, 2.05) is 0 Å². The molecular weight excluding hydrogens is 828 g/mol. The fraction of sp³-hybridized carbons (Fsp3) is 0.238. The summed E-state index contributed by atoms with van der Waals surface area (Å²) in [5, 5.41) is 7.18. The molecular formula is C63H53BN2O2. The lowest BCUT2D eigenvalue weighted by molar-refractivity contribution is 0.332. The van der Waals surface area contributed by atoms with Gasteiger partial charge in [0.1, 0.15) is 22.3 Å². The predicted octanol–water partition coefficient (Wildman–Crippen LogP) is 15.8. The van der Waals surface area contributed by atoms with Crippen LogP contribution in [-0.4, -0.2) is 11.4 Å². The maximum absolute atomic E-state index is 7.05. The fourth-order valence-electron chi connectivity index (χ4n) is 13.5. The van der Waals surface area contributed by atoms with Crippen LogP contribution in [0.5, 0.6) is 0 Å². The van der Waals surface area contributed by atoms with Gasteiger partial charge in [-0.3, -0.25) is 0 Å². The van der Waals surface area contributed by atoms with Gasteiger partial charge in [-0.1, -0.05) is 135 Å². The predicted molar refractivity (Wildman–Crippen MR) is 286 cm³/mol. The highest BCUT2D eigenvalue weighted by Gasteiger charge is 2.47. The van der Waals surface area contributed by atoms with Gasteiger partial charge >= 0.3 is 6.85 Å². The van der Waals surface area contributed by atoms with Crippen LogP contribution in [0.4, 0.5) is 11.4 Å². The normalized spacial score (nSPS) is 17.1. The number of rotatable bonds is 1. The first-order valence-electron chi connectivity index (χ1n) is 24.7. The van der Waals surface area contributed by atoms with E-state index in [9.17, 15) is 0 Å². The number of anilines is 2. The standard InChI is InChI=1S/C63H53BN2O2/c1-60(2,3)34-18-20-35(21-19-34)66-52-29-45-44-27-48-49(62(6,7)25-24-61(48,4)5)32-56(44)68-55(45)30-42(52)38-22-23-39-41-26-43-37-15-11-13-17-54(37)67-57(43)33-51(41)65-53-31-47-40(28-50(53)64(66)58(38)59(39)65)36-14-10-12-16-46(36)63(47,8)9/h10-23,26-33H,24-25H2,1-9H3. The Balaban J connectivity index is 1.09. The summed E-state index contributed by atoms with van der Waals surface area (Å²) in [5.41, 5.74) is 24.5. The van der Waals surface area contributed by atoms with E-state index in [2.05, 4.69) is 205 Å². The van der Waals surface area contributed by atoms with Crippen molar-refractivity contribution in [1.29, 1.82) is 0 Å². The second-order valence-corrected chi connectivity index (χ2v) is 23.5. The summed E-state index contributed by atoms with van der Waals surface area (Å²) in [4.78, 5) is 2.69. The third-order valence-electron chi connectivity index (χ3n) is 17.4. The Hall–Kier alpha value is -6.98. The van der Waals surface area contributed by atoms with Crippen molar-refractivity contribution >= 4 is 94.8 Å². The van der Waals surface area contributed by atoms with Gasteiger partial charge in [0.2, 0.25) is 0 Å². The van der Waals surface area contributed by atoms with E-state index in [1.54, 1.807) is 0 Å². The highest BCUT2D eigenvalue weighted by molar-refractivity contribution is 6.93. The van der Waals surface area contributed by atoms with Gasteiger partial charge in [-0.15, -0.1) is 0 Å². The van der Waals surface area contributed by atoms with Crippen LogP contribution in [0.3, 0.4) is 0 Å². The Morgan fingerprint density at radius 1 is 0.485 bits per heavy atom. The molecule has 0 saturated heterocycles. The fourth-order valence-corrected chi connectivity index (χ4v) is 13.5. The van der Waals surface area contributed by atoms with Crippen LogP contribution in [0.2, 0.25) is 0 Å². The summed E-state index contributed by atoms with van der Waals surface area (Å²) in [6.07, 6.45) is 2.33. The van der Waals surface area contributed by atoms with E-state index >= 15 is 0 Å². The highest BCUT2D eigenvalue weighted by atomic mass is 16.3. The molecule has 5 heterocycles. The Morgan fingerprint density at radius 3 is 1.96 bits per heavy atom. The van der Waals surface area contributed by atoms with E-state index < -0.39 is 0 Å². The number of hydrogen-bond donors (Lipinski definition) is 0. The van der Waals surface area contributed by atoms with Crippen molar-refractivity contribution < 1.29 is 8.83 Å². The van der Waals surface area contributed by atoms with E-state index in [1.165, 1.54) is 117 Å². The third kappa shape index (κ3) is 4.82. The number of aromatic nitrogens is 1. The SMILES string of the molecule is CC(C)(C)c1ccc(N2B3c4cc5c(cc4-n4c6cc7oc8ccccc8c7cc6c6ccc(c3c64)-c3cc4oc6cc7c(cc6c4cc32)C(C)(C)CCC7(C)C)C(C)(C)c2ccccc2-5)cc1. The summed E-state index contributed by atoms with van der Waals surface area (Å²) < 4.78 is 16.3. The monoisotopic (exact) mass is 880 g/mol. The lowest BCUT2D eigenvalue weighted by Crippen LogP contribution is -2.60. The smallest absolute Gasteiger partial charge is 0.333 e. The largest absolute Gasteiger partial charge is 0.456 e. The van der Waals surface area contributed by atoms with Crippen LogP contribution < -0.4 is 15.7 Å². The van der Waals surface area contributed by atoms with E-state index in [0.29, 0.717) is 0 Å². The topological polar surface area (TPSA) is 34.5 Å². The van der Waals surface area contributed by atoms with Gasteiger partial charge in [-0.05, 0) is 139 Å². The maximum Gasteiger partial charge on any atom is 0.333 e. The summed E-state index contributed by atoms with van der Waals surface area (Å²) in [5.74, 6) is 0. The van der Waals surface area contributed by atoms with Crippen LogP contribution in [0.1, 0.15) is 103 Å². The van der Waals surface area contributed by atoms with Gasteiger partial charge in [-0.2, -0.15) is 0 Å². The van der Waals surface area contributed by atoms with Crippen molar-refractivity contribution in [2.75, 3.05) is 4.81 Å². The first kappa shape index (κ1) is 39.1.